The number of nitrogens with zero attached hydrogens (tertiary/aromatic N) is 1. The van der Waals surface area contributed by atoms with Gasteiger partial charge in [0.1, 0.15) is 29.8 Å². The van der Waals surface area contributed by atoms with E-state index in [1.54, 1.807) is 13.0 Å². The van der Waals surface area contributed by atoms with Crippen LogP contribution in [0.2, 0.25) is 0 Å². The SMILES string of the molecule is CC(=O)OC[C@@H]1O[C@H](Oc2ccc3c(=O)c(-c4ccc5ccccc5n4)c(C)oc3c2)[C@@H](OC(C)=O)[C@H](OC(C)=O)[C@@H]1OC(C)=O. The number of benzene rings is 2. The molecule has 13 nitrogen and oxygen atoms in total. The summed E-state index contributed by atoms with van der Waals surface area (Å²) in [5.74, 6) is -2.48. The summed E-state index contributed by atoms with van der Waals surface area (Å²) in [4.78, 5) is 66.1. The van der Waals surface area contributed by atoms with Gasteiger partial charge in [0.05, 0.1) is 22.2 Å². The number of esters is 4. The van der Waals surface area contributed by atoms with Crippen LogP contribution < -0.4 is 10.2 Å². The standard InChI is InChI=1S/C33H31NO12/c1-16-28(25-13-10-21-8-6-7-9-24(21)34-25)29(39)23-12-11-22(14-26(23)41-16)45-33-32(44-20(5)38)31(43-19(4)37)30(42-18(3)36)27(46-33)15-40-17(2)35/h6-14,27,30-33H,15H2,1-5H3/t27-,30+,31+,32-,33-/m0/s1. The van der Waals surface area contributed by atoms with E-state index in [1.807, 2.05) is 30.3 Å². The van der Waals surface area contributed by atoms with Crippen molar-refractivity contribution in [3.05, 3.63) is 70.6 Å². The minimum Gasteiger partial charge on any atom is -0.463 e. The molecule has 1 saturated heterocycles. The number of aromatic nitrogens is 1. The third-order valence-electron chi connectivity index (χ3n) is 7.09. The van der Waals surface area contributed by atoms with E-state index in [-0.39, 0.29) is 22.1 Å². The van der Waals surface area contributed by atoms with Crippen LogP contribution in [0, 0.1) is 6.92 Å². The molecule has 0 N–H and O–H groups in total. The van der Waals surface area contributed by atoms with E-state index in [1.165, 1.54) is 25.1 Å². The predicted molar refractivity (Wildman–Crippen MR) is 161 cm³/mol. The van der Waals surface area contributed by atoms with E-state index < -0.39 is 61.2 Å². The number of hydrogen-bond acceptors (Lipinski definition) is 13. The second-order valence-corrected chi connectivity index (χ2v) is 10.6. The lowest BCUT2D eigenvalue weighted by molar-refractivity contribution is -0.288. The third kappa shape index (κ3) is 6.99. The van der Waals surface area contributed by atoms with Crippen molar-refractivity contribution in [1.29, 1.82) is 0 Å². The highest BCUT2D eigenvalue weighted by Gasteiger charge is 2.53. The second kappa shape index (κ2) is 13.4. The molecule has 1 aliphatic heterocycles. The van der Waals surface area contributed by atoms with E-state index in [9.17, 15) is 24.0 Å². The highest BCUT2D eigenvalue weighted by Crippen LogP contribution is 2.32. The van der Waals surface area contributed by atoms with Gasteiger partial charge in [-0.3, -0.25) is 24.0 Å². The molecular weight excluding hydrogens is 602 g/mol. The van der Waals surface area contributed by atoms with Crippen molar-refractivity contribution < 1.29 is 52.0 Å². The van der Waals surface area contributed by atoms with Crippen LogP contribution >= 0.6 is 0 Å². The quantitative estimate of drug-likeness (QED) is 0.203. The van der Waals surface area contributed by atoms with Gasteiger partial charge in [-0.2, -0.15) is 0 Å². The molecule has 13 heteroatoms. The molecule has 0 aliphatic carbocycles. The van der Waals surface area contributed by atoms with Crippen LogP contribution in [0.1, 0.15) is 33.5 Å². The van der Waals surface area contributed by atoms with Gasteiger partial charge in [-0.1, -0.05) is 24.3 Å². The Morgan fingerprint density at radius 3 is 2.17 bits per heavy atom. The molecule has 0 spiro atoms. The molecule has 0 unspecified atom stereocenters. The molecule has 0 saturated carbocycles. The zero-order valence-corrected chi connectivity index (χ0v) is 25.6. The summed E-state index contributed by atoms with van der Waals surface area (Å²) in [6.07, 6.45) is -6.80. The van der Waals surface area contributed by atoms with Crippen molar-refractivity contribution in [2.24, 2.45) is 0 Å². The van der Waals surface area contributed by atoms with Gasteiger partial charge in [0, 0.05) is 39.1 Å². The fourth-order valence-corrected chi connectivity index (χ4v) is 5.28. The Balaban J connectivity index is 1.51. The van der Waals surface area contributed by atoms with E-state index in [0.29, 0.717) is 17.0 Å². The zero-order chi connectivity index (χ0) is 33.1. The number of fused-ring (bicyclic) bond motifs is 2. The highest BCUT2D eigenvalue weighted by atomic mass is 16.7. The third-order valence-corrected chi connectivity index (χ3v) is 7.09. The molecule has 1 fully saturated rings. The zero-order valence-electron chi connectivity index (χ0n) is 25.6. The van der Waals surface area contributed by atoms with Crippen LogP contribution in [0.15, 0.2) is 63.8 Å². The van der Waals surface area contributed by atoms with Crippen molar-refractivity contribution in [3.63, 3.8) is 0 Å². The number of pyridine rings is 1. The summed E-state index contributed by atoms with van der Waals surface area (Å²) in [5.41, 5.74) is 1.39. The Bertz CT molecular complexity index is 1880. The van der Waals surface area contributed by atoms with Crippen molar-refractivity contribution in [2.45, 2.75) is 65.3 Å². The first kappa shape index (κ1) is 32.1. The summed E-state index contributed by atoms with van der Waals surface area (Å²) in [6, 6.07) is 15.6. The number of ether oxygens (including phenoxy) is 6. The molecule has 5 atom stereocenters. The lowest BCUT2D eigenvalue weighted by Gasteiger charge is -2.43. The number of rotatable bonds is 8. The van der Waals surface area contributed by atoms with Crippen molar-refractivity contribution >= 4 is 45.7 Å². The van der Waals surface area contributed by atoms with E-state index in [0.717, 1.165) is 31.7 Å². The van der Waals surface area contributed by atoms with Crippen LogP contribution in [0.4, 0.5) is 0 Å². The second-order valence-electron chi connectivity index (χ2n) is 10.6. The van der Waals surface area contributed by atoms with Gasteiger partial charge in [0.2, 0.25) is 17.8 Å². The molecule has 4 aromatic rings. The van der Waals surface area contributed by atoms with Gasteiger partial charge >= 0.3 is 23.9 Å². The van der Waals surface area contributed by atoms with Crippen LogP contribution in [0.5, 0.6) is 5.75 Å². The van der Waals surface area contributed by atoms with E-state index in [2.05, 4.69) is 4.98 Å². The maximum atomic E-state index is 13.6. The number of aryl methyl sites for hydroxylation is 1. The summed E-state index contributed by atoms with van der Waals surface area (Å²) in [5, 5.41) is 1.18. The Hall–Kier alpha value is -5.30. The first-order valence-corrected chi connectivity index (χ1v) is 14.3. The Morgan fingerprint density at radius 1 is 0.804 bits per heavy atom. The highest BCUT2D eigenvalue weighted by molar-refractivity contribution is 5.86. The first-order chi connectivity index (χ1) is 21.9. The van der Waals surface area contributed by atoms with Crippen LogP contribution in [-0.2, 0) is 42.9 Å². The molecular formula is C33H31NO12. The maximum Gasteiger partial charge on any atom is 0.303 e. The lowest BCUT2D eigenvalue weighted by atomic mass is 9.98. The lowest BCUT2D eigenvalue weighted by Crippen LogP contribution is -2.63. The van der Waals surface area contributed by atoms with Crippen LogP contribution in [0.25, 0.3) is 33.1 Å². The van der Waals surface area contributed by atoms with Crippen LogP contribution in [0.3, 0.4) is 0 Å². The summed E-state index contributed by atoms with van der Waals surface area (Å²) < 4.78 is 39.5. The fourth-order valence-electron chi connectivity index (χ4n) is 5.28. The molecule has 46 heavy (non-hydrogen) atoms. The summed E-state index contributed by atoms with van der Waals surface area (Å²) in [6.45, 7) is 5.80. The molecule has 0 radical (unpaired) electrons. The summed E-state index contributed by atoms with van der Waals surface area (Å²) >= 11 is 0. The average molecular weight is 634 g/mol. The number of para-hydroxylation sites is 1. The van der Waals surface area contributed by atoms with Crippen molar-refractivity contribution in [3.8, 4) is 17.0 Å². The van der Waals surface area contributed by atoms with Gasteiger partial charge in [0.15, 0.2) is 12.2 Å². The molecule has 2 aromatic carbocycles. The van der Waals surface area contributed by atoms with Crippen molar-refractivity contribution in [2.75, 3.05) is 6.61 Å². The molecule has 0 bridgehead atoms. The van der Waals surface area contributed by atoms with Gasteiger partial charge in [0.25, 0.3) is 0 Å². The molecule has 0 amide bonds. The molecule has 2 aromatic heterocycles. The molecule has 1 aliphatic rings. The molecule has 240 valence electrons. The largest absolute Gasteiger partial charge is 0.463 e. The smallest absolute Gasteiger partial charge is 0.303 e. The summed E-state index contributed by atoms with van der Waals surface area (Å²) in [7, 11) is 0. The van der Waals surface area contributed by atoms with Crippen molar-refractivity contribution in [1.82, 2.24) is 4.98 Å². The van der Waals surface area contributed by atoms with Gasteiger partial charge in [-0.25, -0.2) is 4.98 Å². The molecule has 3 heterocycles. The van der Waals surface area contributed by atoms with Crippen LogP contribution in [-0.4, -0.2) is 66.2 Å². The Kier molecular flexibility index (Phi) is 9.33. The topological polar surface area (TPSA) is 167 Å². The number of hydrogen-bond donors (Lipinski definition) is 0. The molecule has 5 rings (SSSR count). The van der Waals surface area contributed by atoms with Gasteiger partial charge in [-0.05, 0) is 31.2 Å². The fraction of sp³-hybridized carbons (Fsp3) is 0.333. The number of carbonyl (C=O) groups excluding carboxylic acids is 4. The Morgan fingerprint density at radius 2 is 1.48 bits per heavy atom. The van der Waals surface area contributed by atoms with E-state index >= 15 is 0 Å². The minimum atomic E-state index is -1.45. The predicted octanol–water partition coefficient (Wildman–Crippen LogP) is 3.78. The number of carbonyl (C=O) groups is 4. The first-order valence-electron chi connectivity index (χ1n) is 14.3. The van der Waals surface area contributed by atoms with Gasteiger partial charge in [-0.15, -0.1) is 0 Å². The monoisotopic (exact) mass is 633 g/mol. The van der Waals surface area contributed by atoms with E-state index in [4.69, 9.17) is 32.8 Å². The van der Waals surface area contributed by atoms with Gasteiger partial charge < -0.3 is 32.8 Å². The Labute approximate surface area is 262 Å². The average Bonchev–Trinajstić information content (AvgIpc) is 2.98. The maximum absolute atomic E-state index is 13.6. The normalized spacial score (nSPS) is 20.9. The minimum absolute atomic E-state index is 0.132.